The van der Waals surface area contributed by atoms with Gasteiger partial charge in [0.1, 0.15) is 5.82 Å². The summed E-state index contributed by atoms with van der Waals surface area (Å²) in [5.74, 6) is 0.569. The summed E-state index contributed by atoms with van der Waals surface area (Å²) < 4.78 is 14.0. The molecule has 3 aromatic rings. The number of aryl methyl sites for hydroxylation is 1. The maximum atomic E-state index is 14.0. The van der Waals surface area contributed by atoms with E-state index in [0.29, 0.717) is 5.92 Å². The summed E-state index contributed by atoms with van der Waals surface area (Å²) >= 11 is 0. The first-order chi connectivity index (χ1) is 10.3. The van der Waals surface area contributed by atoms with Gasteiger partial charge in [-0.2, -0.15) is 0 Å². The Labute approximate surface area is 124 Å². The van der Waals surface area contributed by atoms with Crippen LogP contribution in [0.2, 0.25) is 0 Å². The minimum atomic E-state index is -0.126. The van der Waals surface area contributed by atoms with Gasteiger partial charge in [0.15, 0.2) is 0 Å². The molecule has 4 rings (SSSR count). The lowest BCUT2D eigenvalue weighted by atomic mass is 9.79. The molecule has 0 radical (unpaired) electrons. The molecule has 106 valence electrons. The van der Waals surface area contributed by atoms with Gasteiger partial charge < -0.3 is 0 Å². The molecule has 0 saturated carbocycles. The Morgan fingerprint density at radius 2 is 1.71 bits per heavy atom. The lowest BCUT2D eigenvalue weighted by molar-refractivity contribution is 0.542. The Balaban J connectivity index is 2.08. The molecule has 1 unspecified atom stereocenters. The average Bonchev–Trinajstić information content (AvgIpc) is 2.54. The van der Waals surface area contributed by atoms with Crippen molar-refractivity contribution in [2.24, 2.45) is 0 Å². The van der Waals surface area contributed by atoms with E-state index in [4.69, 9.17) is 0 Å². The normalized spacial score (nSPS) is 18.1. The topological polar surface area (TPSA) is 0 Å². The van der Waals surface area contributed by atoms with Crippen LogP contribution in [0.25, 0.3) is 21.5 Å². The van der Waals surface area contributed by atoms with Crippen LogP contribution < -0.4 is 0 Å². The van der Waals surface area contributed by atoms with Crippen molar-refractivity contribution >= 4 is 21.5 Å². The van der Waals surface area contributed by atoms with Gasteiger partial charge >= 0.3 is 0 Å². The molecule has 0 fully saturated rings. The van der Waals surface area contributed by atoms with Gasteiger partial charge in [-0.05, 0) is 65.0 Å². The fourth-order valence-corrected chi connectivity index (χ4v) is 3.98. The van der Waals surface area contributed by atoms with Gasteiger partial charge in [0.05, 0.1) is 0 Å². The van der Waals surface area contributed by atoms with E-state index in [2.05, 4.69) is 25.1 Å². The van der Waals surface area contributed by atoms with Crippen LogP contribution in [0.5, 0.6) is 0 Å². The number of hydrogen-bond donors (Lipinski definition) is 0. The van der Waals surface area contributed by atoms with Gasteiger partial charge in [-0.15, -0.1) is 0 Å². The van der Waals surface area contributed by atoms with Crippen molar-refractivity contribution in [1.82, 2.24) is 0 Å². The highest BCUT2D eigenvalue weighted by Crippen LogP contribution is 2.39. The highest BCUT2D eigenvalue weighted by molar-refractivity contribution is 6.09. The van der Waals surface area contributed by atoms with Crippen molar-refractivity contribution in [2.45, 2.75) is 38.5 Å². The molecule has 0 aromatic heterocycles. The van der Waals surface area contributed by atoms with Gasteiger partial charge in [-0.25, -0.2) is 4.39 Å². The minimum Gasteiger partial charge on any atom is -0.206 e. The summed E-state index contributed by atoms with van der Waals surface area (Å²) in [6.07, 6.45) is 4.94. The smallest absolute Gasteiger partial charge is 0.131 e. The first-order valence-corrected chi connectivity index (χ1v) is 7.92. The van der Waals surface area contributed by atoms with Crippen molar-refractivity contribution in [1.29, 1.82) is 0 Å². The standard InChI is InChI=1S/C20H19F/c1-2-13-5-3-6-15-14(13)9-10-18-16-7-4-8-20(21)19(16)12-11-17(15)18/h4,7-13H,2-3,5-6H2,1H3. The summed E-state index contributed by atoms with van der Waals surface area (Å²) in [7, 11) is 0. The first-order valence-electron chi connectivity index (χ1n) is 7.92. The quantitative estimate of drug-likeness (QED) is 0.482. The Morgan fingerprint density at radius 1 is 0.952 bits per heavy atom. The van der Waals surface area contributed by atoms with Crippen LogP contribution in [-0.4, -0.2) is 0 Å². The van der Waals surface area contributed by atoms with Crippen molar-refractivity contribution in [3.05, 3.63) is 59.4 Å². The number of halogens is 1. The molecule has 0 spiro atoms. The van der Waals surface area contributed by atoms with E-state index in [1.165, 1.54) is 41.2 Å². The molecular weight excluding hydrogens is 259 g/mol. The van der Waals surface area contributed by atoms with Crippen LogP contribution in [0, 0.1) is 5.82 Å². The molecule has 3 aromatic carbocycles. The second kappa shape index (κ2) is 4.84. The SMILES string of the molecule is CCC1CCCc2c1ccc1c2ccc2c(F)cccc21. The summed E-state index contributed by atoms with van der Waals surface area (Å²) in [4.78, 5) is 0. The molecule has 0 saturated heterocycles. The largest absolute Gasteiger partial charge is 0.206 e. The third-order valence-corrected chi connectivity index (χ3v) is 5.07. The first kappa shape index (κ1) is 12.8. The van der Waals surface area contributed by atoms with E-state index in [0.717, 1.165) is 17.2 Å². The third-order valence-electron chi connectivity index (χ3n) is 5.07. The van der Waals surface area contributed by atoms with Crippen LogP contribution in [0.4, 0.5) is 4.39 Å². The second-order valence-corrected chi connectivity index (χ2v) is 6.13. The fourth-order valence-electron chi connectivity index (χ4n) is 3.98. The van der Waals surface area contributed by atoms with Gasteiger partial charge in [0.2, 0.25) is 0 Å². The van der Waals surface area contributed by atoms with Crippen molar-refractivity contribution in [3.63, 3.8) is 0 Å². The summed E-state index contributed by atoms with van der Waals surface area (Å²) in [5, 5.41) is 4.29. The predicted molar refractivity (Wildman–Crippen MR) is 87.4 cm³/mol. The van der Waals surface area contributed by atoms with E-state index in [-0.39, 0.29) is 5.82 Å². The van der Waals surface area contributed by atoms with Gasteiger partial charge in [-0.1, -0.05) is 43.3 Å². The Hall–Kier alpha value is -1.89. The number of hydrogen-bond acceptors (Lipinski definition) is 0. The number of fused-ring (bicyclic) bond motifs is 5. The predicted octanol–water partition coefficient (Wildman–Crippen LogP) is 5.96. The van der Waals surface area contributed by atoms with Crippen LogP contribution in [-0.2, 0) is 6.42 Å². The average molecular weight is 278 g/mol. The van der Waals surface area contributed by atoms with E-state index in [1.807, 2.05) is 18.2 Å². The van der Waals surface area contributed by atoms with Crippen LogP contribution in [0.3, 0.4) is 0 Å². The molecule has 0 nitrogen and oxygen atoms in total. The van der Waals surface area contributed by atoms with Gasteiger partial charge in [0.25, 0.3) is 0 Å². The molecule has 1 heteroatoms. The zero-order chi connectivity index (χ0) is 14.4. The lowest BCUT2D eigenvalue weighted by Gasteiger charge is -2.26. The van der Waals surface area contributed by atoms with E-state index >= 15 is 0 Å². The molecule has 0 aliphatic heterocycles. The zero-order valence-corrected chi connectivity index (χ0v) is 12.3. The van der Waals surface area contributed by atoms with Crippen molar-refractivity contribution in [3.8, 4) is 0 Å². The molecule has 1 aliphatic carbocycles. The Kier molecular flexibility index (Phi) is 2.95. The Bertz CT molecular complexity index is 832. The minimum absolute atomic E-state index is 0.126. The summed E-state index contributed by atoms with van der Waals surface area (Å²) in [6, 6.07) is 13.9. The lowest BCUT2D eigenvalue weighted by Crippen LogP contribution is -2.09. The zero-order valence-electron chi connectivity index (χ0n) is 12.3. The molecule has 21 heavy (non-hydrogen) atoms. The summed E-state index contributed by atoms with van der Waals surface area (Å²) in [6.45, 7) is 2.28. The molecule has 0 bridgehead atoms. The van der Waals surface area contributed by atoms with Crippen molar-refractivity contribution in [2.75, 3.05) is 0 Å². The molecular formula is C20H19F. The van der Waals surface area contributed by atoms with E-state index < -0.39 is 0 Å². The highest BCUT2D eigenvalue weighted by atomic mass is 19.1. The maximum Gasteiger partial charge on any atom is 0.131 e. The van der Waals surface area contributed by atoms with Crippen molar-refractivity contribution < 1.29 is 4.39 Å². The van der Waals surface area contributed by atoms with Gasteiger partial charge in [0, 0.05) is 5.39 Å². The molecule has 1 atom stereocenters. The second-order valence-electron chi connectivity index (χ2n) is 6.13. The molecule has 0 heterocycles. The summed E-state index contributed by atoms with van der Waals surface area (Å²) in [5.41, 5.74) is 3.02. The highest BCUT2D eigenvalue weighted by Gasteiger charge is 2.20. The fraction of sp³-hybridized carbons (Fsp3) is 0.300. The molecule has 0 N–H and O–H groups in total. The number of benzene rings is 3. The monoisotopic (exact) mass is 278 g/mol. The van der Waals surface area contributed by atoms with E-state index in [9.17, 15) is 4.39 Å². The van der Waals surface area contributed by atoms with Crippen LogP contribution in [0.15, 0.2) is 42.5 Å². The Morgan fingerprint density at radius 3 is 2.57 bits per heavy atom. The third kappa shape index (κ3) is 1.87. The van der Waals surface area contributed by atoms with Gasteiger partial charge in [-0.3, -0.25) is 0 Å². The van der Waals surface area contributed by atoms with Crippen LogP contribution >= 0.6 is 0 Å². The maximum absolute atomic E-state index is 14.0. The number of rotatable bonds is 1. The van der Waals surface area contributed by atoms with Crippen LogP contribution in [0.1, 0.15) is 43.2 Å². The van der Waals surface area contributed by atoms with E-state index in [1.54, 1.807) is 6.07 Å². The molecule has 0 amide bonds. The molecule has 1 aliphatic rings.